The molecule has 1 N–H and O–H groups in total. The second-order valence-corrected chi connectivity index (χ2v) is 4.09. The highest BCUT2D eigenvalue weighted by atomic mass is 16.5. The van der Waals surface area contributed by atoms with Crippen molar-refractivity contribution in [2.75, 3.05) is 13.7 Å². The van der Waals surface area contributed by atoms with E-state index >= 15 is 0 Å². The van der Waals surface area contributed by atoms with Crippen LogP contribution in [-0.4, -0.2) is 40.5 Å². The van der Waals surface area contributed by atoms with Crippen LogP contribution in [-0.2, 0) is 16.0 Å². The fourth-order valence-electron chi connectivity index (χ4n) is 1.77. The molecule has 0 aliphatic heterocycles. The Kier molecular flexibility index (Phi) is 5.47. The van der Waals surface area contributed by atoms with Gasteiger partial charge in [0, 0.05) is 7.05 Å². The molecule has 0 spiro atoms. The summed E-state index contributed by atoms with van der Waals surface area (Å²) in [7, 11) is 1.56. The minimum atomic E-state index is -0.512. The Hall–Kier alpha value is -1.92. The van der Waals surface area contributed by atoms with Crippen LogP contribution in [0.15, 0.2) is 0 Å². The molecule has 1 heterocycles. The van der Waals surface area contributed by atoms with Crippen LogP contribution in [0, 0.1) is 0 Å². The molecule has 106 valence electrons. The molecule has 19 heavy (non-hydrogen) atoms. The highest BCUT2D eigenvalue weighted by Gasteiger charge is 2.25. The van der Waals surface area contributed by atoms with Crippen molar-refractivity contribution in [1.29, 1.82) is 0 Å². The van der Waals surface area contributed by atoms with Crippen molar-refractivity contribution in [2.24, 2.45) is 0 Å². The van der Waals surface area contributed by atoms with Gasteiger partial charge in [-0.1, -0.05) is 18.6 Å². The van der Waals surface area contributed by atoms with Crippen LogP contribution in [0.25, 0.3) is 0 Å². The normalized spacial score (nSPS) is 12.0. The average Bonchev–Trinajstić information content (AvgIpc) is 2.81. The number of carbonyl (C=O) groups is 2. The molecule has 0 saturated heterocycles. The molecular weight excluding hydrogens is 248 g/mol. The maximum atomic E-state index is 11.8. The highest BCUT2D eigenvalue weighted by Crippen LogP contribution is 2.15. The molecule has 0 aliphatic rings. The summed E-state index contributed by atoms with van der Waals surface area (Å²) in [4.78, 5) is 23.4. The average molecular weight is 268 g/mol. The van der Waals surface area contributed by atoms with Crippen LogP contribution in [0.2, 0.25) is 0 Å². The van der Waals surface area contributed by atoms with Crippen LogP contribution in [0.5, 0.6) is 0 Å². The SMILES string of the molecule is CCCc1c(C(=O)OCC)nnn1C(C)C(=O)NC. The highest BCUT2D eigenvalue weighted by molar-refractivity contribution is 5.88. The number of rotatable bonds is 6. The fraction of sp³-hybridized carbons (Fsp3) is 0.667. The van der Waals surface area contributed by atoms with E-state index in [1.165, 1.54) is 4.68 Å². The second-order valence-electron chi connectivity index (χ2n) is 4.09. The third-order valence-electron chi connectivity index (χ3n) is 2.74. The van der Waals surface area contributed by atoms with Gasteiger partial charge < -0.3 is 10.1 Å². The minimum absolute atomic E-state index is 0.183. The number of amides is 1. The summed E-state index contributed by atoms with van der Waals surface area (Å²) in [5.41, 5.74) is 0.830. The molecule has 1 aromatic rings. The molecule has 1 atom stereocenters. The van der Waals surface area contributed by atoms with Gasteiger partial charge in [0.1, 0.15) is 6.04 Å². The molecule has 0 radical (unpaired) electrons. The molecule has 0 saturated carbocycles. The lowest BCUT2D eigenvalue weighted by atomic mass is 10.2. The topological polar surface area (TPSA) is 86.1 Å². The Bertz CT molecular complexity index is 456. The first-order valence-corrected chi connectivity index (χ1v) is 6.39. The summed E-state index contributed by atoms with van der Waals surface area (Å²) >= 11 is 0. The maximum Gasteiger partial charge on any atom is 0.360 e. The summed E-state index contributed by atoms with van der Waals surface area (Å²) < 4.78 is 6.42. The Morgan fingerprint density at radius 2 is 2.11 bits per heavy atom. The number of nitrogens with one attached hydrogen (secondary N) is 1. The van der Waals surface area contributed by atoms with E-state index in [1.807, 2.05) is 6.92 Å². The van der Waals surface area contributed by atoms with E-state index in [4.69, 9.17) is 4.74 Å². The summed E-state index contributed by atoms with van der Waals surface area (Å²) in [6, 6.07) is -0.512. The Labute approximate surface area is 112 Å². The molecule has 7 heteroatoms. The van der Waals surface area contributed by atoms with Crippen molar-refractivity contribution in [2.45, 2.75) is 39.7 Å². The second kappa shape index (κ2) is 6.86. The van der Waals surface area contributed by atoms with Gasteiger partial charge in [0.05, 0.1) is 12.3 Å². The number of nitrogens with zero attached hydrogens (tertiary/aromatic N) is 3. The molecule has 1 rings (SSSR count). The van der Waals surface area contributed by atoms with Gasteiger partial charge >= 0.3 is 5.97 Å². The molecule has 7 nitrogen and oxygen atoms in total. The lowest BCUT2D eigenvalue weighted by Gasteiger charge is -2.13. The van der Waals surface area contributed by atoms with E-state index in [2.05, 4.69) is 15.6 Å². The lowest BCUT2D eigenvalue weighted by molar-refractivity contribution is -0.123. The van der Waals surface area contributed by atoms with Gasteiger partial charge in [0.15, 0.2) is 5.69 Å². The summed E-state index contributed by atoms with van der Waals surface area (Å²) in [5.74, 6) is -0.682. The van der Waals surface area contributed by atoms with E-state index in [0.29, 0.717) is 12.1 Å². The van der Waals surface area contributed by atoms with Gasteiger partial charge in [0.25, 0.3) is 0 Å². The van der Waals surface area contributed by atoms with Crippen molar-refractivity contribution in [3.8, 4) is 0 Å². The lowest BCUT2D eigenvalue weighted by Crippen LogP contribution is -2.29. The number of aromatic nitrogens is 3. The van der Waals surface area contributed by atoms with E-state index in [1.54, 1.807) is 20.9 Å². The van der Waals surface area contributed by atoms with Gasteiger partial charge in [-0.2, -0.15) is 0 Å². The molecule has 0 fully saturated rings. The van der Waals surface area contributed by atoms with E-state index in [9.17, 15) is 9.59 Å². The summed E-state index contributed by atoms with van der Waals surface area (Å²) in [5, 5.41) is 10.3. The fourth-order valence-corrected chi connectivity index (χ4v) is 1.77. The Morgan fingerprint density at radius 3 is 2.63 bits per heavy atom. The molecule has 0 aliphatic carbocycles. The zero-order valence-corrected chi connectivity index (χ0v) is 11.8. The zero-order chi connectivity index (χ0) is 14.4. The largest absolute Gasteiger partial charge is 0.461 e. The monoisotopic (exact) mass is 268 g/mol. The quantitative estimate of drug-likeness (QED) is 0.768. The number of hydrogen-bond acceptors (Lipinski definition) is 5. The van der Waals surface area contributed by atoms with Crippen molar-refractivity contribution in [3.05, 3.63) is 11.4 Å². The van der Waals surface area contributed by atoms with Crippen LogP contribution in [0.4, 0.5) is 0 Å². The van der Waals surface area contributed by atoms with Gasteiger partial charge in [-0.15, -0.1) is 5.10 Å². The first-order valence-electron chi connectivity index (χ1n) is 6.39. The van der Waals surface area contributed by atoms with Crippen molar-refractivity contribution in [3.63, 3.8) is 0 Å². The Morgan fingerprint density at radius 1 is 1.42 bits per heavy atom. The van der Waals surface area contributed by atoms with E-state index in [-0.39, 0.29) is 18.2 Å². The number of carbonyl (C=O) groups excluding carboxylic acids is 2. The number of esters is 1. The number of ether oxygens (including phenoxy) is 1. The van der Waals surface area contributed by atoms with Crippen LogP contribution >= 0.6 is 0 Å². The van der Waals surface area contributed by atoms with Crippen LogP contribution in [0.3, 0.4) is 0 Å². The van der Waals surface area contributed by atoms with Crippen molar-refractivity contribution in [1.82, 2.24) is 20.3 Å². The predicted molar refractivity (Wildman–Crippen MR) is 68.8 cm³/mol. The standard InChI is InChI=1S/C12H20N4O3/c1-5-7-9-10(12(18)19-6-2)14-15-16(9)8(3)11(17)13-4/h8H,5-7H2,1-4H3,(H,13,17). The maximum absolute atomic E-state index is 11.8. The third kappa shape index (κ3) is 3.30. The molecule has 0 aromatic carbocycles. The van der Waals surface area contributed by atoms with Gasteiger partial charge in [-0.25, -0.2) is 9.48 Å². The van der Waals surface area contributed by atoms with Crippen LogP contribution < -0.4 is 5.32 Å². The molecule has 1 unspecified atom stereocenters. The van der Waals surface area contributed by atoms with E-state index in [0.717, 1.165) is 6.42 Å². The van der Waals surface area contributed by atoms with Gasteiger partial charge in [0.2, 0.25) is 5.91 Å². The summed E-state index contributed by atoms with van der Waals surface area (Å²) in [6.45, 7) is 5.70. The first-order chi connectivity index (χ1) is 9.06. The third-order valence-corrected chi connectivity index (χ3v) is 2.74. The minimum Gasteiger partial charge on any atom is -0.461 e. The Balaban J connectivity index is 3.12. The first kappa shape index (κ1) is 15.1. The number of likely N-dealkylation sites (N-methyl/N-ethyl adjacent to an activating group) is 1. The van der Waals surface area contributed by atoms with Crippen molar-refractivity contribution >= 4 is 11.9 Å². The summed E-state index contributed by atoms with van der Waals surface area (Å²) in [6.07, 6.45) is 1.43. The molecule has 0 bridgehead atoms. The smallest absolute Gasteiger partial charge is 0.360 e. The van der Waals surface area contributed by atoms with Crippen LogP contribution in [0.1, 0.15) is 49.4 Å². The van der Waals surface area contributed by atoms with Crippen molar-refractivity contribution < 1.29 is 14.3 Å². The molecule has 1 aromatic heterocycles. The molecular formula is C12H20N4O3. The number of hydrogen-bond donors (Lipinski definition) is 1. The van der Waals surface area contributed by atoms with Gasteiger partial charge in [-0.3, -0.25) is 4.79 Å². The zero-order valence-electron chi connectivity index (χ0n) is 11.8. The van der Waals surface area contributed by atoms with Gasteiger partial charge in [-0.05, 0) is 20.3 Å². The molecule has 1 amide bonds. The predicted octanol–water partition coefficient (Wildman–Crippen LogP) is 0.714. The van der Waals surface area contributed by atoms with E-state index < -0.39 is 12.0 Å².